The van der Waals surface area contributed by atoms with Gasteiger partial charge in [0.1, 0.15) is 0 Å². The molecule has 3 aliphatic rings. The second kappa shape index (κ2) is 5.03. The lowest BCUT2D eigenvalue weighted by Crippen LogP contribution is -2.36. The van der Waals surface area contributed by atoms with E-state index in [2.05, 4.69) is 5.32 Å². The summed E-state index contributed by atoms with van der Waals surface area (Å²) in [6, 6.07) is 6.69. The molecular formula is C19H19NO4. The van der Waals surface area contributed by atoms with Gasteiger partial charge in [-0.1, -0.05) is 12.2 Å². The smallest absolute Gasteiger partial charge is 0.307 e. The normalized spacial score (nSPS) is 31.2. The van der Waals surface area contributed by atoms with Crippen molar-refractivity contribution in [2.24, 2.45) is 29.1 Å². The topological polar surface area (TPSA) is 83.5 Å². The van der Waals surface area contributed by atoms with E-state index in [1.54, 1.807) is 24.3 Å². The highest BCUT2D eigenvalue weighted by atomic mass is 16.4. The van der Waals surface area contributed by atoms with Gasteiger partial charge in [0.2, 0.25) is 5.91 Å². The van der Waals surface area contributed by atoms with Gasteiger partial charge in [0, 0.05) is 11.3 Å². The average Bonchev–Trinajstić information content (AvgIpc) is 3.21. The summed E-state index contributed by atoms with van der Waals surface area (Å²) in [7, 11) is 0. The van der Waals surface area contributed by atoms with Crippen LogP contribution in [0.3, 0.4) is 0 Å². The maximum atomic E-state index is 12.8. The van der Waals surface area contributed by atoms with E-state index in [1.807, 2.05) is 12.2 Å². The van der Waals surface area contributed by atoms with Gasteiger partial charge in [-0.05, 0) is 61.3 Å². The van der Waals surface area contributed by atoms with E-state index < -0.39 is 17.8 Å². The first kappa shape index (κ1) is 15.1. The lowest BCUT2D eigenvalue weighted by molar-refractivity contribution is -0.146. The Morgan fingerprint density at radius 3 is 2.12 bits per heavy atom. The van der Waals surface area contributed by atoms with Gasteiger partial charge in [-0.25, -0.2) is 0 Å². The van der Waals surface area contributed by atoms with Gasteiger partial charge >= 0.3 is 5.97 Å². The van der Waals surface area contributed by atoms with E-state index in [9.17, 15) is 19.5 Å². The molecule has 0 aliphatic heterocycles. The highest BCUT2D eigenvalue weighted by Gasteiger charge is 2.70. The van der Waals surface area contributed by atoms with E-state index in [-0.39, 0.29) is 28.9 Å². The molecule has 0 radical (unpaired) electrons. The fraction of sp³-hybridized carbons (Fsp3) is 0.421. The number of nitrogens with one attached hydrogen (secondary N) is 1. The molecule has 1 aromatic rings. The molecule has 24 heavy (non-hydrogen) atoms. The van der Waals surface area contributed by atoms with Crippen molar-refractivity contribution >= 4 is 23.3 Å². The maximum absolute atomic E-state index is 12.8. The molecule has 2 bridgehead atoms. The number of benzene rings is 1. The maximum Gasteiger partial charge on any atom is 0.307 e. The number of allylic oxidation sites excluding steroid dienone is 2. The number of carboxylic acids is 1. The molecular weight excluding hydrogens is 306 g/mol. The third-order valence-electron chi connectivity index (χ3n) is 5.99. The zero-order chi connectivity index (χ0) is 17.1. The molecule has 1 spiro atoms. The van der Waals surface area contributed by atoms with Crippen molar-refractivity contribution in [3.8, 4) is 0 Å². The summed E-state index contributed by atoms with van der Waals surface area (Å²) in [5, 5.41) is 12.5. The molecule has 0 aromatic heterocycles. The fourth-order valence-corrected chi connectivity index (χ4v) is 4.70. The Labute approximate surface area is 139 Å². The Morgan fingerprint density at radius 2 is 1.62 bits per heavy atom. The zero-order valence-electron chi connectivity index (χ0n) is 13.4. The summed E-state index contributed by atoms with van der Waals surface area (Å²) in [6.07, 6.45) is 6.06. The first-order chi connectivity index (χ1) is 11.4. The molecule has 5 nitrogen and oxygen atoms in total. The molecule has 4 atom stereocenters. The van der Waals surface area contributed by atoms with Crippen LogP contribution in [0.5, 0.6) is 0 Å². The minimum Gasteiger partial charge on any atom is -0.481 e. The van der Waals surface area contributed by atoms with Gasteiger partial charge in [-0.15, -0.1) is 0 Å². The molecule has 2 fully saturated rings. The van der Waals surface area contributed by atoms with Crippen LogP contribution < -0.4 is 5.32 Å². The van der Waals surface area contributed by atoms with Crippen LogP contribution in [0.4, 0.5) is 5.69 Å². The van der Waals surface area contributed by atoms with Crippen LogP contribution in [0.25, 0.3) is 0 Å². The highest BCUT2D eigenvalue weighted by Crippen LogP contribution is 2.72. The number of carboxylic acid groups (broad SMARTS) is 1. The fourth-order valence-electron chi connectivity index (χ4n) is 4.70. The Balaban J connectivity index is 1.56. The Morgan fingerprint density at radius 1 is 1.04 bits per heavy atom. The third kappa shape index (κ3) is 2.04. The van der Waals surface area contributed by atoms with Crippen LogP contribution in [0.1, 0.15) is 30.1 Å². The van der Waals surface area contributed by atoms with Gasteiger partial charge in [0.05, 0.1) is 11.8 Å². The number of Topliss-reactive ketones (excluding diaryl/α,β-unsaturated/α-hetero) is 1. The van der Waals surface area contributed by atoms with E-state index in [0.717, 1.165) is 12.8 Å². The van der Waals surface area contributed by atoms with Crippen LogP contribution in [0.15, 0.2) is 36.4 Å². The molecule has 0 heterocycles. The summed E-state index contributed by atoms with van der Waals surface area (Å²) in [6.45, 7) is 1.49. The van der Waals surface area contributed by atoms with Gasteiger partial charge in [0.25, 0.3) is 0 Å². The quantitative estimate of drug-likeness (QED) is 0.658. The first-order valence-corrected chi connectivity index (χ1v) is 8.27. The Hall–Kier alpha value is -2.43. The van der Waals surface area contributed by atoms with E-state index in [1.165, 1.54) is 6.92 Å². The number of rotatable bonds is 4. The van der Waals surface area contributed by atoms with Crippen molar-refractivity contribution in [3.63, 3.8) is 0 Å². The Kier molecular flexibility index (Phi) is 3.17. The monoisotopic (exact) mass is 325 g/mol. The number of hydrogen-bond acceptors (Lipinski definition) is 3. The minimum atomic E-state index is -0.884. The van der Waals surface area contributed by atoms with Crippen molar-refractivity contribution in [3.05, 3.63) is 42.0 Å². The van der Waals surface area contributed by atoms with Crippen molar-refractivity contribution in [2.45, 2.75) is 19.8 Å². The van der Waals surface area contributed by atoms with Crippen LogP contribution in [0.2, 0.25) is 0 Å². The molecule has 0 saturated heterocycles. The number of ketones is 1. The molecule has 2 saturated carbocycles. The average molecular weight is 325 g/mol. The largest absolute Gasteiger partial charge is 0.481 e. The van der Waals surface area contributed by atoms with Gasteiger partial charge in [0.15, 0.2) is 5.78 Å². The van der Waals surface area contributed by atoms with Crippen LogP contribution in [0, 0.1) is 29.1 Å². The number of carbonyl (C=O) groups excluding carboxylic acids is 2. The lowest BCUT2D eigenvalue weighted by Gasteiger charge is -2.23. The van der Waals surface area contributed by atoms with E-state index >= 15 is 0 Å². The molecule has 5 heteroatoms. The molecule has 4 rings (SSSR count). The second-order valence-electron chi connectivity index (χ2n) is 7.18. The molecule has 3 aliphatic carbocycles. The number of aliphatic carboxylic acids is 1. The summed E-state index contributed by atoms with van der Waals surface area (Å²) >= 11 is 0. The van der Waals surface area contributed by atoms with Crippen molar-refractivity contribution in [2.75, 3.05) is 5.32 Å². The van der Waals surface area contributed by atoms with Gasteiger partial charge in [-0.3, -0.25) is 14.4 Å². The molecule has 4 unspecified atom stereocenters. The first-order valence-electron chi connectivity index (χ1n) is 8.27. The number of carbonyl (C=O) groups is 3. The standard InChI is InChI=1S/C19H19NO4/c1-10(21)11-2-4-12(5-3-11)20-17(22)15-13-6-7-14(16(15)18(23)24)19(13)8-9-19/h2-7,13-16H,8-9H2,1H3,(H,20,22)(H,23,24). The Bertz CT molecular complexity index is 760. The number of amides is 1. The number of hydrogen-bond donors (Lipinski definition) is 2. The lowest BCUT2D eigenvalue weighted by atomic mass is 9.82. The zero-order valence-corrected chi connectivity index (χ0v) is 13.4. The van der Waals surface area contributed by atoms with Crippen molar-refractivity contribution in [1.29, 1.82) is 0 Å². The molecule has 1 amide bonds. The van der Waals surface area contributed by atoms with Crippen molar-refractivity contribution < 1.29 is 19.5 Å². The molecule has 1 aromatic carbocycles. The van der Waals surface area contributed by atoms with E-state index in [4.69, 9.17) is 0 Å². The van der Waals surface area contributed by atoms with Crippen molar-refractivity contribution in [1.82, 2.24) is 0 Å². The molecule has 2 N–H and O–H groups in total. The summed E-state index contributed by atoms with van der Waals surface area (Å²) in [5.41, 5.74) is 1.19. The van der Waals surface area contributed by atoms with Crippen LogP contribution in [-0.4, -0.2) is 22.8 Å². The second-order valence-corrected chi connectivity index (χ2v) is 7.18. The van der Waals surface area contributed by atoms with Gasteiger partial charge in [-0.2, -0.15) is 0 Å². The summed E-state index contributed by atoms with van der Waals surface area (Å²) < 4.78 is 0. The summed E-state index contributed by atoms with van der Waals surface area (Å²) in [4.78, 5) is 35.8. The SMILES string of the molecule is CC(=O)c1ccc(NC(=O)C2C(C(=O)O)C3C=CC2C32CC2)cc1. The molecule has 124 valence electrons. The van der Waals surface area contributed by atoms with E-state index in [0.29, 0.717) is 11.3 Å². The van der Waals surface area contributed by atoms with Gasteiger partial charge < -0.3 is 10.4 Å². The highest BCUT2D eigenvalue weighted by molar-refractivity contribution is 5.98. The minimum absolute atomic E-state index is 0.0174. The predicted molar refractivity (Wildman–Crippen MR) is 87.5 cm³/mol. The van der Waals surface area contributed by atoms with Crippen LogP contribution >= 0.6 is 0 Å². The summed E-state index contributed by atoms with van der Waals surface area (Å²) in [5.74, 6) is -2.30. The number of anilines is 1. The third-order valence-corrected chi connectivity index (χ3v) is 5.99. The van der Waals surface area contributed by atoms with Crippen LogP contribution in [-0.2, 0) is 9.59 Å². The predicted octanol–water partition coefficient (Wildman–Crippen LogP) is 2.74.